The lowest BCUT2D eigenvalue weighted by Crippen LogP contribution is -2.42. The Balaban J connectivity index is 1.45. The number of nitrogens with one attached hydrogen (secondary N) is 2. The first-order valence-corrected chi connectivity index (χ1v) is 11.6. The van der Waals surface area contributed by atoms with Crippen LogP contribution in [-0.4, -0.2) is 78.1 Å². The maximum absolute atomic E-state index is 12.2. The summed E-state index contributed by atoms with van der Waals surface area (Å²) in [5, 5.41) is 35.4. The van der Waals surface area contributed by atoms with Gasteiger partial charge in [0.1, 0.15) is 17.7 Å². The molecule has 36 heavy (non-hydrogen) atoms. The molecule has 2 aromatic heterocycles. The number of aryl methyl sites for hydroxylation is 1. The second-order valence-electron chi connectivity index (χ2n) is 8.47. The maximum Gasteiger partial charge on any atom is 0.303 e. The van der Waals surface area contributed by atoms with Gasteiger partial charge in [0.15, 0.2) is 23.8 Å². The summed E-state index contributed by atoms with van der Waals surface area (Å²) in [5.41, 5.74) is 8.65. The molecule has 1 aliphatic rings. The van der Waals surface area contributed by atoms with Gasteiger partial charge >= 0.3 is 5.97 Å². The standard InChI is InChI=1S/C23H29N7O6/c1-2-25-21(35)18-16(33)17(34)22(36-18)30-11-27-15-19(24)28-23(29-20(15)30)26-10-9-13-5-3-12(4-6-13)7-8-14(31)32/h3-6,11,16-18,22,33-34H,2,7-10H2,1H3,(H,25,35)(H,31,32)(H3,24,26,28,29)/t16?,17-,18+,22-/m1/s1. The van der Waals surface area contributed by atoms with Crippen LogP contribution in [0.15, 0.2) is 30.6 Å². The zero-order chi connectivity index (χ0) is 25.8. The number of carbonyl (C=O) groups excluding carboxylic acids is 1. The molecule has 3 heterocycles. The Bertz CT molecular complexity index is 1230. The van der Waals surface area contributed by atoms with Gasteiger partial charge in [0.2, 0.25) is 5.95 Å². The van der Waals surface area contributed by atoms with Gasteiger partial charge in [-0.2, -0.15) is 9.97 Å². The molecule has 1 fully saturated rings. The number of hydrogen-bond donors (Lipinski definition) is 6. The summed E-state index contributed by atoms with van der Waals surface area (Å²) in [4.78, 5) is 35.8. The lowest BCUT2D eigenvalue weighted by Gasteiger charge is -2.16. The molecule has 0 saturated carbocycles. The van der Waals surface area contributed by atoms with E-state index in [-0.39, 0.29) is 23.8 Å². The van der Waals surface area contributed by atoms with E-state index in [2.05, 4.69) is 25.6 Å². The highest BCUT2D eigenvalue weighted by Gasteiger charge is 2.47. The third kappa shape index (κ3) is 5.37. The predicted octanol–water partition coefficient (Wildman–Crippen LogP) is -0.164. The molecule has 0 bridgehead atoms. The van der Waals surface area contributed by atoms with Gasteiger partial charge in [0, 0.05) is 19.5 Å². The monoisotopic (exact) mass is 499 g/mol. The topological polar surface area (TPSA) is 198 Å². The number of amides is 1. The number of aliphatic hydroxyl groups excluding tert-OH is 2. The Morgan fingerprint density at radius 2 is 1.81 bits per heavy atom. The minimum absolute atomic E-state index is 0.0905. The summed E-state index contributed by atoms with van der Waals surface area (Å²) in [6.07, 6.45) is -2.56. The SMILES string of the molecule is CCNC(=O)[C@H]1O[C@@H](n2cnc3c(N)nc(NCCc4ccc(CCC(=O)O)cc4)nc32)[C@H](O)C1O. The number of carboxylic acids is 1. The highest BCUT2D eigenvalue weighted by Crippen LogP contribution is 2.32. The lowest BCUT2D eigenvalue weighted by molar-refractivity contribution is -0.138. The number of carboxylic acid groups (broad SMARTS) is 1. The van der Waals surface area contributed by atoms with Crippen LogP contribution in [0.25, 0.3) is 11.2 Å². The summed E-state index contributed by atoms with van der Waals surface area (Å²) >= 11 is 0. The van der Waals surface area contributed by atoms with Crippen molar-refractivity contribution in [1.29, 1.82) is 0 Å². The zero-order valence-electron chi connectivity index (χ0n) is 19.7. The van der Waals surface area contributed by atoms with Crippen molar-refractivity contribution in [2.75, 3.05) is 24.1 Å². The normalized spacial score (nSPS) is 21.5. The van der Waals surface area contributed by atoms with Crippen molar-refractivity contribution in [3.05, 3.63) is 41.7 Å². The van der Waals surface area contributed by atoms with Gasteiger partial charge < -0.3 is 36.4 Å². The van der Waals surface area contributed by atoms with Crippen LogP contribution in [0, 0.1) is 0 Å². The summed E-state index contributed by atoms with van der Waals surface area (Å²) < 4.78 is 7.09. The minimum atomic E-state index is -1.42. The van der Waals surface area contributed by atoms with E-state index in [9.17, 15) is 19.8 Å². The Hall–Kier alpha value is -3.81. The van der Waals surface area contributed by atoms with Gasteiger partial charge in [-0.25, -0.2) is 4.98 Å². The number of rotatable bonds is 10. The number of hydrogen-bond acceptors (Lipinski definition) is 10. The molecule has 4 atom stereocenters. The van der Waals surface area contributed by atoms with Crippen LogP contribution in [0.4, 0.5) is 11.8 Å². The molecule has 13 nitrogen and oxygen atoms in total. The number of carbonyl (C=O) groups is 2. The maximum atomic E-state index is 12.2. The fraction of sp³-hybridized carbons (Fsp3) is 0.435. The highest BCUT2D eigenvalue weighted by molar-refractivity contribution is 5.83. The van der Waals surface area contributed by atoms with E-state index in [1.807, 2.05) is 24.3 Å². The van der Waals surface area contributed by atoms with Crippen LogP contribution in [0.2, 0.25) is 0 Å². The number of anilines is 2. The van der Waals surface area contributed by atoms with E-state index >= 15 is 0 Å². The largest absolute Gasteiger partial charge is 0.481 e. The van der Waals surface area contributed by atoms with Crippen molar-refractivity contribution in [2.24, 2.45) is 0 Å². The van der Waals surface area contributed by atoms with Gasteiger partial charge in [-0.05, 0) is 30.9 Å². The van der Waals surface area contributed by atoms with E-state index in [0.29, 0.717) is 31.4 Å². The van der Waals surface area contributed by atoms with Gasteiger partial charge in [0.25, 0.3) is 5.91 Å². The first-order valence-electron chi connectivity index (χ1n) is 11.6. The smallest absolute Gasteiger partial charge is 0.303 e. The second kappa shape index (κ2) is 10.8. The average Bonchev–Trinajstić information content (AvgIpc) is 3.40. The van der Waals surface area contributed by atoms with Crippen molar-refractivity contribution < 1.29 is 29.6 Å². The number of aromatic nitrogens is 4. The van der Waals surface area contributed by atoms with E-state index in [1.165, 1.54) is 10.9 Å². The van der Waals surface area contributed by atoms with E-state index in [4.69, 9.17) is 15.6 Å². The van der Waals surface area contributed by atoms with Gasteiger partial charge in [-0.15, -0.1) is 0 Å². The molecule has 1 saturated heterocycles. The quantitative estimate of drug-likeness (QED) is 0.217. The summed E-state index contributed by atoms with van der Waals surface area (Å²) in [6, 6.07) is 7.71. The van der Waals surface area contributed by atoms with Crippen molar-refractivity contribution in [1.82, 2.24) is 24.8 Å². The summed E-state index contributed by atoms with van der Waals surface area (Å²) in [5.74, 6) is -0.985. The number of nitrogens with two attached hydrogens (primary N) is 1. The van der Waals surface area contributed by atoms with Gasteiger partial charge in [-0.1, -0.05) is 24.3 Å². The first-order chi connectivity index (χ1) is 17.3. The molecule has 0 radical (unpaired) electrons. The molecule has 1 unspecified atom stereocenters. The first kappa shape index (κ1) is 25.3. The third-order valence-electron chi connectivity index (χ3n) is 5.92. The molecule has 7 N–H and O–H groups in total. The average molecular weight is 500 g/mol. The summed E-state index contributed by atoms with van der Waals surface area (Å²) in [7, 11) is 0. The zero-order valence-corrected chi connectivity index (χ0v) is 19.7. The molecule has 0 spiro atoms. The fourth-order valence-corrected chi connectivity index (χ4v) is 4.03. The van der Waals surface area contributed by atoms with Crippen LogP contribution < -0.4 is 16.4 Å². The van der Waals surface area contributed by atoms with Crippen LogP contribution in [-0.2, 0) is 27.2 Å². The Labute approximate surface area is 206 Å². The van der Waals surface area contributed by atoms with Crippen molar-refractivity contribution in [3.8, 4) is 0 Å². The molecule has 3 aromatic rings. The van der Waals surface area contributed by atoms with Crippen LogP contribution in [0.1, 0.15) is 30.7 Å². The number of nitrogen functional groups attached to an aromatic ring is 1. The Kier molecular flexibility index (Phi) is 7.62. The molecule has 13 heteroatoms. The molecule has 1 aliphatic heterocycles. The van der Waals surface area contributed by atoms with Gasteiger partial charge in [-0.3, -0.25) is 14.2 Å². The molecule has 1 aromatic carbocycles. The number of fused-ring (bicyclic) bond motifs is 1. The molecule has 0 aliphatic carbocycles. The van der Waals surface area contributed by atoms with Crippen LogP contribution in [0.5, 0.6) is 0 Å². The third-order valence-corrected chi connectivity index (χ3v) is 5.92. The van der Waals surface area contributed by atoms with Crippen molar-refractivity contribution >= 4 is 34.8 Å². The fourth-order valence-electron chi connectivity index (χ4n) is 4.03. The number of imidazole rings is 1. The molecular formula is C23H29N7O6. The molecule has 4 rings (SSSR count). The van der Waals surface area contributed by atoms with E-state index < -0.39 is 36.4 Å². The van der Waals surface area contributed by atoms with Gasteiger partial charge in [0.05, 0.1) is 6.33 Å². The van der Waals surface area contributed by atoms with Crippen molar-refractivity contribution in [2.45, 2.75) is 50.7 Å². The number of aliphatic carboxylic acids is 1. The number of ether oxygens (including phenoxy) is 1. The number of nitrogens with zero attached hydrogens (tertiary/aromatic N) is 4. The number of likely N-dealkylation sites (N-methyl/N-ethyl adjacent to an activating group) is 1. The molecule has 192 valence electrons. The number of aliphatic hydroxyl groups is 2. The van der Waals surface area contributed by atoms with E-state index in [0.717, 1.165) is 11.1 Å². The highest BCUT2D eigenvalue weighted by atomic mass is 16.6. The number of benzene rings is 1. The van der Waals surface area contributed by atoms with Crippen LogP contribution >= 0.6 is 0 Å². The molecule has 1 amide bonds. The van der Waals surface area contributed by atoms with Crippen molar-refractivity contribution in [3.63, 3.8) is 0 Å². The minimum Gasteiger partial charge on any atom is -0.481 e. The second-order valence-corrected chi connectivity index (χ2v) is 8.47. The molecular weight excluding hydrogens is 470 g/mol. The predicted molar refractivity (Wildman–Crippen MR) is 129 cm³/mol. The van der Waals surface area contributed by atoms with Crippen LogP contribution in [0.3, 0.4) is 0 Å². The van der Waals surface area contributed by atoms with E-state index in [1.54, 1.807) is 6.92 Å². The summed E-state index contributed by atoms with van der Waals surface area (Å²) in [6.45, 7) is 2.59. The Morgan fingerprint density at radius 3 is 2.47 bits per heavy atom. The Morgan fingerprint density at radius 1 is 1.11 bits per heavy atom. The lowest BCUT2D eigenvalue weighted by atomic mass is 10.1.